The van der Waals surface area contributed by atoms with Crippen molar-refractivity contribution >= 4 is 5.91 Å². The van der Waals surface area contributed by atoms with Gasteiger partial charge in [0, 0.05) is 19.6 Å². The second-order valence-electron chi connectivity index (χ2n) is 6.75. The molecule has 1 amide bonds. The van der Waals surface area contributed by atoms with E-state index in [2.05, 4.69) is 17.0 Å². The predicted octanol–water partition coefficient (Wildman–Crippen LogP) is 2.21. The van der Waals surface area contributed by atoms with Crippen molar-refractivity contribution in [2.24, 2.45) is 0 Å². The number of ether oxygens (including phenoxy) is 1. The molecule has 2 fully saturated rings. The zero-order chi connectivity index (χ0) is 16.9. The Balaban J connectivity index is 1.61. The highest BCUT2D eigenvalue weighted by molar-refractivity contribution is 5.79. The first-order chi connectivity index (χ1) is 11.7. The number of carbonyl (C=O) groups excluding carboxylic acids is 1. The standard InChI is InChI=1S/C19H28N2O3/c1-2-24-17-7-5-15(6-8-17)18-4-3-11-21(18)19(23)14-20-12-9-16(22)10-13-20/h5-8,16,18,22H,2-4,9-14H2,1H3. The number of benzene rings is 1. The minimum absolute atomic E-state index is 0.184. The minimum atomic E-state index is -0.195. The molecule has 0 saturated carbocycles. The van der Waals surface area contributed by atoms with E-state index in [1.54, 1.807) is 0 Å². The van der Waals surface area contributed by atoms with Gasteiger partial charge in [-0.05, 0) is 50.3 Å². The molecule has 0 bridgehead atoms. The average molecular weight is 332 g/mol. The summed E-state index contributed by atoms with van der Waals surface area (Å²) in [5, 5.41) is 9.59. The maximum absolute atomic E-state index is 12.7. The molecule has 1 N–H and O–H groups in total. The molecule has 132 valence electrons. The van der Waals surface area contributed by atoms with Crippen molar-refractivity contribution < 1.29 is 14.6 Å². The molecule has 5 heteroatoms. The smallest absolute Gasteiger partial charge is 0.237 e. The number of aliphatic hydroxyl groups is 1. The van der Waals surface area contributed by atoms with Crippen LogP contribution in [0.15, 0.2) is 24.3 Å². The molecule has 0 radical (unpaired) electrons. The molecule has 0 aromatic heterocycles. The Morgan fingerprint density at radius 2 is 1.88 bits per heavy atom. The number of hydrogen-bond donors (Lipinski definition) is 1. The summed E-state index contributed by atoms with van der Waals surface area (Å²) in [7, 11) is 0. The Morgan fingerprint density at radius 1 is 1.17 bits per heavy atom. The van der Waals surface area contributed by atoms with Crippen LogP contribution in [-0.2, 0) is 4.79 Å². The zero-order valence-corrected chi connectivity index (χ0v) is 14.5. The number of nitrogens with zero attached hydrogens (tertiary/aromatic N) is 2. The Bertz CT molecular complexity index is 538. The fourth-order valence-corrected chi connectivity index (χ4v) is 3.72. The minimum Gasteiger partial charge on any atom is -0.494 e. The molecule has 2 saturated heterocycles. The Kier molecular flexibility index (Phi) is 5.74. The lowest BCUT2D eigenvalue weighted by Gasteiger charge is -2.32. The third-order valence-electron chi connectivity index (χ3n) is 5.06. The summed E-state index contributed by atoms with van der Waals surface area (Å²) in [4.78, 5) is 16.9. The van der Waals surface area contributed by atoms with Gasteiger partial charge in [-0.2, -0.15) is 0 Å². The molecule has 5 nitrogen and oxygen atoms in total. The number of likely N-dealkylation sites (tertiary alicyclic amines) is 2. The van der Waals surface area contributed by atoms with Gasteiger partial charge in [0.15, 0.2) is 0 Å². The van der Waals surface area contributed by atoms with Crippen molar-refractivity contribution in [1.82, 2.24) is 9.80 Å². The predicted molar refractivity (Wildman–Crippen MR) is 93.0 cm³/mol. The van der Waals surface area contributed by atoms with Gasteiger partial charge in [-0.15, -0.1) is 0 Å². The van der Waals surface area contributed by atoms with Crippen molar-refractivity contribution in [3.8, 4) is 5.75 Å². The van der Waals surface area contributed by atoms with Crippen LogP contribution >= 0.6 is 0 Å². The molecule has 2 aliphatic rings. The van der Waals surface area contributed by atoms with Gasteiger partial charge in [-0.1, -0.05) is 12.1 Å². The molecule has 1 aromatic rings. The molecular weight excluding hydrogens is 304 g/mol. The highest BCUT2D eigenvalue weighted by Gasteiger charge is 2.31. The quantitative estimate of drug-likeness (QED) is 0.898. The highest BCUT2D eigenvalue weighted by atomic mass is 16.5. The van der Waals surface area contributed by atoms with E-state index in [1.165, 1.54) is 5.56 Å². The Morgan fingerprint density at radius 3 is 2.54 bits per heavy atom. The van der Waals surface area contributed by atoms with E-state index < -0.39 is 0 Å². The van der Waals surface area contributed by atoms with E-state index in [1.807, 2.05) is 24.0 Å². The number of aliphatic hydroxyl groups excluding tert-OH is 1. The van der Waals surface area contributed by atoms with Gasteiger partial charge < -0.3 is 14.7 Å². The normalized spacial score (nSPS) is 22.8. The van der Waals surface area contributed by atoms with Gasteiger partial charge in [0.1, 0.15) is 5.75 Å². The molecule has 1 atom stereocenters. The summed E-state index contributed by atoms with van der Waals surface area (Å²) in [6, 6.07) is 8.33. The van der Waals surface area contributed by atoms with Gasteiger partial charge >= 0.3 is 0 Å². The molecule has 2 heterocycles. The van der Waals surface area contributed by atoms with Crippen LogP contribution in [0.3, 0.4) is 0 Å². The zero-order valence-electron chi connectivity index (χ0n) is 14.5. The maximum atomic E-state index is 12.7. The number of carbonyl (C=O) groups is 1. The van der Waals surface area contributed by atoms with Crippen LogP contribution < -0.4 is 4.74 Å². The van der Waals surface area contributed by atoms with E-state index in [-0.39, 0.29) is 18.1 Å². The Labute approximate surface area is 144 Å². The van der Waals surface area contributed by atoms with Crippen molar-refractivity contribution in [2.45, 2.75) is 44.8 Å². The van der Waals surface area contributed by atoms with Gasteiger partial charge in [-0.25, -0.2) is 0 Å². The number of piperidine rings is 1. The molecular formula is C19H28N2O3. The summed E-state index contributed by atoms with van der Waals surface area (Å²) in [6.45, 7) is 5.58. The van der Waals surface area contributed by atoms with Crippen molar-refractivity contribution in [3.05, 3.63) is 29.8 Å². The average Bonchev–Trinajstić information content (AvgIpc) is 3.08. The van der Waals surface area contributed by atoms with Gasteiger partial charge in [0.2, 0.25) is 5.91 Å². The number of hydrogen-bond acceptors (Lipinski definition) is 4. The fraction of sp³-hybridized carbons (Fsp3) is 0.632. The molecule has 2 aliphatic heterocycles. The second kappa shape index (κ2) is 7.99. The van der Waals surface area contributed by atoms with Crippen LogP contribution in [0.2, 0.25) is 0 Å². The third kappa shape index (κ3) is 4.08. The van der Waals surface area contributed by atoms with Crippen LogP contribution in [0, 0.1) is 0 Å². The van der Waals surface area contributed by atoms with E-state index in [0.717, 1.165) is 51.1 Å². The van der Waals surface area contributed by atoms with Crippen LogP contribution in [-0.4, -0.2) is 59.7 Å². The van der Waals surface area contributed by atoms with Gasteiger partial charge in [0.25, 0.3) is 0 Å². The number of rotatable bonds is 5. The SMILES string of the molecule is CCOc1ccc(C2CCCN2C(=O)CN2CCC(O)CC2)cc1. The molecule has 24 heavy (non-hydrogen) atoms. The first kappa shape index (κ1) is 17.2. The van der Waals surface area contributed by atoms with Crippen molar-refractivity contribution in [3.63, 3.8) is 0 Å². The lowest BCUT2D eigenvalue weighted by atomic mass is 10.0. The van der Waals surface area contributed by atoms with Crippen molar-refractivity contribution in [1.29, 1.82) is 0 Å². The molecule has 1 aromatic carbocycles. The van der Waals surface area contributed by atoms with Crippen LogP contribution in [0.1, 0.15) is 44.2 Å². The lowest BCUT2D eigenvalue weighted by molar-refractivity contribution is -0.133. The largest absolute Gasteiger partial charge is 0.494 e. The summed E-state index contributed by atoms with van der Waals surface area (Å²) in [5.74, 6) is 1.09. The highest BCUT2D eigenvalue weighted by Crippen LogP contribution is 2.33. The maximum Gasteiger partial charge on any atom is 0.237 e. The van der Waals surface area contributed by atoms with E-state index in [0.29, 0.717) is 13.2 Å². The lowest BCUT2D eigenvalue weighted by Crippen LogP contribution is -2.44. The molecule has 3 rings (SSSR count). The Hall–Kier alpha value is -1.59. The van der Waals surface area contributed by atoms with E-state index in [9.17, 15) is 9.90 Å². The summed E-state index contributed by atoms with van der Waals surface area (Å²) < 4.78 is 5.50. The number of amides is 1. The summed E-state index contributed by atoms with van der Waals surface area (Å²) in [5.41, 5.74) is 1.19. The molecule has 1 unspecified atom stereocenters. The van der Waals surface area contributed by atoms with Crippen LogP contribution in [0.5, 0.6) is 5.75 Å². The molecule has 0 aliphatic carbocycles. The first-order valence-corrected chi connectivity index (χ1v) is 9.10. The first-order valence-electron chi connectivity index (χ1n) is 9.10. The van der Waals surface area contributed by atoms with E-state index in [4.69, 9.17) is 4.74 Å². The fourth-order valence-electron chi connectivity index (χ4n) is 3.72. The second-order valence-corrected chi connectivity index (χ2v) is 6.75. The third-order valence-corrected chi connectivity index (χ3v) is 5.06. The van der Waals surface area contributed by atoms with Crippen LogP contribution in [0.25, 0.3) is 0 Å². The van der Waals surface area contributed by atoms with Gasteiger partial charge in [0.05, 0.1) is 25.3 Å². The summed E-state index contributed by atoms with van der Waals surface area (Å²) >= 11 is 0. The van der Waals surface area contributed by atoms with Crippen molar-refractivity contribution in [2.75, 3.05) is 32.8 Å². The monoisotopic (exact) mass is 332 g/mol. The molecule has 0 spiro atoms. The topological polar surface area (TPSA) is 53.0 Å². The van der Waals surface area contributed by atoms with Gasteiger partial charge in [-0.3, -0.25) is 9.69 Å². The van der Waals surface area contributed by atoms with E-state index >= 15 is 0 Å². The summed E-state index contributed by atoms with van der Waals surface area (Å²) in [6.07, 6.45) is 3.44. The van der Waals surface area contributed by atoms with Crippen LogP contribution in [0.4, 0.5) is 0 Å².